The van der Waals surface area contributed by atoms with Gasteiger partial charge in [-0.2, -0.15) is 0 Å². The molecule has 0 atom stereocenters. The van der Waals surface area contributed by atoms with E-state index in [0.29, 0.717) is 11.5 Å². The summed E-state index contributed by atoms with van der Waals surface area (Å²) in [4.78, 5) is 0. The van der Waals surface area contributed by atoms with E-state index in [9.17, 15) is 0 Å². The molecule has 2 aliphatic carbocycles. The second-order valence-corrected chi connectivity index (χ2v) is 7.99. The Kier molecular flexibility index (Phi) is 3.04. The minimum Gasteiger partial charge on any atom is -0.328 e. The van der Waals surface area contributed by atoms with Crippen molar-refractivity contribution in [3.8, 4) is 0 Å². The third kappa shape index (κ3) is 2.10. The maximum atomic E-state index is 6.61. The van der Waals surface area contributed by atoms with E-state index in [1.165, 1.54) is 24.0 Å². The summed E-state index contributed by atoms with van der Waals surface area (Å²) >= 11 is 0. The van der Waals surface area contributed by atoms with Gasteiger partial charge in [-0.05, 0) is 54.1 Å². The van der Waals surface area contributed by atoms with Crippen molar-refractivity contribution in [1.29, 1.82) is 0 Å². The van der Waals surface area contributed by atoms with Crippen LogP contribution in [0.2, 0.25) is 0 Å². The molecule has 0 aliphatic heterocycles. The maximum absolute atomic E-state index is 6.61. The fourth-order valence-corrected chi connectivity index (χ4v) is 4.29. The van der Waals surface area contributed by atoms with Gasteiger partial charge in [0.15, 0.2) is 0 Å². The van der Waals surface area contributed by atoms with Gasteiger partial charge in [-0.3, -0.25) is 0 Å². The molecular formula is C18H28N2. The standard InChI is InChI=1S/C18H28N2/c1-4-16(2,3)13-5-7-14(8-6-13)18(20)11-17(12-18)9-15(19)10-17/h5-8,15H,4,9-12,19-20H2,1-3H3. The van der Waals surface area contributed by atoms with Crippen LogP contribution in [0.4, 0.5) is 0 Å². The van der Waals surface area contributed by atoms with Gasteiger partial charge < -0.3 is 11.5 Å². The summed E-state index contributed by atoms with van der Waals surface area (Å²) in [6, 6.07) is 9.46. The van der Waals surface area contributed by atoms with E-state index >= 15 is 0 Å². The predicted molar refractivity (Wildman–Crippen MR) is 84.5 cm³/mol. The Morgan fingerprint density at radius 3 is 2.15 bits per heavy atom. The van der Waals surface area contributed by atoms with E-state index in [1.807, 2.05) is 0 Å². The Morgan fingerprint density at radius 2 is 1.70 bits per heavy atom. The summed E-state index contributed by atoms with van der Waals surface area (Å²) in [5.74, 6) is 0. The summed E-state index contributed by atoms with van der Waals surface area (Å²) < 4.78 is 0. The summed E-state index contributed by atoms with van der Waals surface area (Å²) in [6.45, 7) is 6.84. The second-order valence-electron chi connectivity index (χ2n) is 7.99. The molecule has 2 fully saturated rings. The van der Waals surface area contributed by atoms with Gasteiger partial charge in [0.2, 0.25) is 0 Å². The van der Waals surface area contributed by atoms with Crippen molar-refractivity contribution in [3.63, 3.8) is 0 Å². The lowest BCUT2D eigenvalue weighted by Crippen LogP contribution is -2.63. The van der Waals surface area contributed by atoms with Gasteiger partial charge in [0.1, 0.15) is 0 Å². The zero-order valence-corrected chi connectivity index (χ0v) is 13.1. The molecular weight excluding hydrogens is 244 g/mol. The topological polar surface area (TPSA) is 52.0 Å². The maximum Gasteiger partial charge on any atom is 0.0420 e. The fraction of sp³-hybridized carbons (Fsp3) is 0.667. The van der Waals surface area contributed by atoms with E-state index in [4.69, 9.17) is 11.5 Å². The Bertz CT molecular complexity index is 487. The number of benzene rings is 1. The van der Waals surface area contributed by atoms with Gasteiger partial charge in [0.05, 0.1) is 0 Å². The minimum absolute atomic E-state index is 0.102. The van der Waals surface area contributed by atoms with Gasteiger partial charge in [0, 0.05) is 11.6 Å². The van der Waals surface area contributed by atoms with Crippen LogP contribution in [-0.2, 0) is 11.0 Å². The van der Waals surface area contributed by atoms with E-state index in [1.54, 1.807) is 0 Å². The number of nitrogens with two attached hydrogens (primary N) is 2. The third-order valence-corrected chi connectivity index (χ3v) is 5.90. The van der Waals surface area contributed by atoms with Gasteiger partial charge in [-0.15, -0.1) is 0 Å². The fourth-order valence-electron chi connectivity index (χ4n) is 4.29. The molecule has 0 saturated heterocycles. The molecule has 0 amide bonds. The predicted octanol–water partition coefficient (Wildman–Crippen LogP) is 3.43. The van der Waals surface area contributed by atoms with Crippen LogP contribution in [0.1, 0.15) is 64.0 Å². The molecule has 1 aromatic rings. The molecule has 2 aliphatic rings. The lowest BCUT2D eigenvalue weighted by molar-refractivity contribution is -0.0590. The lowest BCUT2D eigenvalue weighted by atomic mass is 9.46. The first-order valence-electron chi connectivity index (χ1n) is 7.94. The summed E-state index contributed by atoms with van der Waals surface area (Å²) in [5.41, 5.74) is 15.9. The SMILES string of the molecule is CCC(C)(C)c1ccc(C2(N)CC3(CC(N)C3)C2)cc1. The largest absolute Gasteiger partial charge is 0.328 e. The van der Waals surface area contributed by atoms with E-state index < -0.39 is 0 Å². The molecule has 0 heterocycles. The van der Waals surface area contributed by atoms with E-state index in [2.05, 4.69) is 45.0 Å². The van der Waals surface area contributed by atoms with Crippen LogP contribution in [-0.4, -0.2) is 6.04 Å². The molecule has 1 aromatic carbocycles. The Morgan fingerprint density at radius 1 is 1.15 bits per heavy atom. The number of hydrogen-bond donors (Lipinski definition) is 2. The highest BCUT2D eigenvalue weighted by Crippen LogP contribution is 2.62. The normalized spacial score (nSPS) is 36.5. The van der Waals surface area contributed by atoms with Crippen LogP contribution in [0.3, 0.4) is 0 Å². The first-order valence-corrected chi connectivity index (χ1v) is 7.94. The summed E-state index contributed by atoms with van der Waals surface area (Å²) in [5, 5.41) is 0. The van der Waals surface area contributed by atoms with E-state index in [0.717, 1.165) is 19.3 Å². The highest BCUT2D eigenvalue weighted by Gasteiger charge is 2.58. The second kappa shape index (κ2) is 4.32. The molecule has 2 heteroatoms. The quantitative estimate of drug-likeness (QED) is 0.885. The van der Waals surface area contributed by atoms with Crippen molar-refractivity contribution in [2.75, 3.05) is 0 Å². The van der Waals surface area contributed by atoms with Crippen LogP contribution in [0.15, 0.2) is 24.3 Å². The van der Waals surface area contributed by atoms with Crippen molar-refractivity contribution in [2.45, 2.75) is 69.9 Å². The van der Waals surface area contributed by atoms with Gasteiger partial charge in [-0.1, -0.05) is 45.0 Å². The molecule has 110 valence electrons. The van der Waals surface area contributed by atoms with Crippen molar-refractivity contribution < 1.29 is 0 Å². The van der Waals surface area contributed by atoms with Crippen LogP contribution >= 0.6 is 0 Å². The Balaban J connectivity index is 1.73. The highest BCUT2D eigenvalue weighted by molar-refractivity contribution is 5.35. The first kappa shape index (κ1) is 14.1. The smallest absolute Gasteiger partial charge is 0.0420 e. The molecule has 2 nitrogen and oxygen atoms in total. The Labute approximate surface area is 122 Å². The average Bonchev–Trinajstić information content (AvgIpc) is 2.35. The van der Waals surface area contributed by atoms with Gasteiger partial charge >= 0.3 is 0 Å². The molecule has 0 radical (unpaired) electrons. The first-order chi connectivity index (χ1) is 9.29. The summed E-state index contributed by atoms with van der Waals surface area (Å²) in [6.07, 6.45) is 5.73. The van der Waals surface area contributed by atoms with Crippen molar-refractivity contribution >= 4 is 0 Å². The average molecular weight is 272 g/mol. The van der Waals surface area contributed by atoms with Crippen molar-refractivity contribution in [1.82, 2.24) is 0 Å². The van der Waals surface area contributed by atoms with Gasteiger partial charge in [0.25, 0.3) is 0 Å². The monoisotopic (exact) mass is 272 g/mol. The number of hydrogen-bond acceptors (Lipinski definition) is 2. The molecule has 2 saturated carbocycles. The third-order valence-electron chi connectivity index (χ3n) is 5.90. The molecule has 0 unspecified atom stereocenters. The van der Waals surface area contributed by atoms with Crippen LogP contribution in [0.5, 0.6) is 0 Å². The van der Waals surface area contributed by atoms with Gasteiger partial charge in [-0.25, -0.2) is 0 Å². The molecule has 1 spiro atoms. The molecule has 4 N–H and O–H groups in total. The van der Waals surface area contributed by atoms with Crippen LogP contribution in [0.25, 0.3) is 0 Å². The zero-order chi connectivity index (χ0) is 14.6. The number of rotatable bonds is 3. The zero-order valence-electron chi connectivity index (χ0n) is 13.1. The van der Waals surface area contributed by atoms with E-state index in [-0.39, 0.29) is 11.0 Å². The molecule has 0 aromatic heterocycles. The molecule has 3 rings (SSSR count). The van der Waals surface area contributed by atoms with Crippen LogP contribution < -0.4 is 11.5 Å². The minimum atomic E-state index is -0.102. The highest BCUT2D eigenvalue weighted by atomic mass is 14.9. The molecule has 0 bridgehead atoms. The molecule has 20 heavy (non-hydrogen) atoms. The van der Waals surface area contributed by atoms with Crippen LogP contribution in [0, 0.1) is 5.41 Å². The Hall–Kier alpha value is -0.860. The summed E-state index contributed by atoms with van der Waals surface area (Å²) in [7, 11) is 0. The lowest BCUT2D eigenvalue weighted by Gasteiger charge is -2.62. The van der Waals surface area contributed by atoms with Crippen molar-refractivity contribution in [3.05, 3.63) is 35.4 Å². The van der Waals surface area contributed by atoms with Crippen molar-refractivity contribution in [2.24, 2.45) is 16.9 Å².